The van der Waals surface area contributed by atoms with Gasteiger partial charge in [0.1, 0.15) is 17.5 Å². The van der Waals surface area contributed by atoms with E-state index in [2.05, 4.69) is 17.6 Å². The van der Waals surface area contributed by atoms with Gasteiger partial charge in [-0.05, 0) is 54.8 Å². The number of carbonyl (C=O) groups is 1. The fourth-order valence-corrected chi connectivity index (χ4v) is 2.18. The lowest BCUT2D eigenvalue weighted by Crippen LogP contribution is -2.14. The molecule has 0 bridgehead atoms. The molecule has 2 rings (SSSR count). The maximum absolute atomic E-state index is 12.9. The van der Waals surface area contributed by atoms with Crippen LogP contribution in [0.5, 0.6) is 0 Å². The van der Waals surface area contributed by atoms with Crippen molar-refractivity contribution < 1.29 is 9.18 Å². The number of carbonyl (C=O) groups excluding carboxylic acids is 1. The second-order valence-electron chi connectivity index (χ2n) is 5.58. The Kier molecular flexibility index (Phi) is 6.73. The predicted octanol–water partition coefficient (Wildman–Crippen LogP) is 4.63. The van der Waals surface area contributed by atoms with Crippen LogP contribution in [-0.2, 0) is 11.2 Å². The fourth-order valence-electron chi connectivity index (χ4n) is 2.18. The third-order valence-electron chi connectivity index (χ3n) is 3.62. The highest BCUT2D eigenvalue weighted by atomic mass is 19.1. The maximum Gasteiger partial charge on any atom is 0.267 e. The first kappa shape index (κ1) is 18.2. The van der Waals surface area contributed by atoms with Crippen molar-refractivity contribution in [3.8, 4) is 6.07 Å². The number of nitriles is 1. The van der Waals surface area contributed by atoms with Crippen molar-refractivity contribution in [2.45, 2.75) is 26.2 Å². The van der Waals surface area contributed by atoms with Gasteiger partial charge in [-0.25, -0.2) is 4.39 Å². The summed E-state index contributed by atoms with van der Waals surface area (Å²) in [5.41, 5.74) is 2.40. The quantitative estimate of drug-likeness (QED) is 0.572. The van der Waals surface area contributed by atoms with E-state index in [9.17, 15) is 9.18 Å². The molecule has 0 fully saturated rings. The highest BCUT2D eigenvalue weighted by Crippen LogP contribution is 2.13. The number of amides is 1. The number of benzene rings is 2. The van der Waals surface area contributed by atoms with Crippen LogP contribution in [0.1, 0.15) is 25.3 Å². The van der Waals surface area contributed by atoms with E-state index in [1.54, 1.807) is 0 Å². The maximum atomic E-state index is 12.9. The van der Waals surface area contributed by atoms with Gasteiger partial charge in [-0.2, -0.15) is 5.26 Å². The molecule has 0 aromatic heterocycles. The lowest BCUT2D eigenvalue weighted by molar-refractivity contribution is -0.112. The molecular weight excluding hydrogens is 317 g/mol. The zero-order valence-corrected chi connectivity index (χ0v) is 14.1. The Bertz CT molecular complexity index is 774. The minimum atomic E-state index is -0.554. The molecule has 128 valence electrons. The Hall–Kier alpha value is -3.13. The van der Waals surface area contributed by atoms with Crippen LogP contribution in [0, 0.1) is 17.1 Å². The first-order valence-electron chi connectivity index (χ1n) is 8.15. The molecule has 0 saturated heterocycles. The largest absolute Gasteiger partial charge is 0.360 e. The van der Waals surface area contributed by atoms with Gasteiger partial charge in [0, 0.05) is 17.6 Å². The standard InChI is InChI=1S/C20H20FN3O/c1-2-3-4-15-5-9-18(10-6-15)23-14-16(13-22)20(25)24-19-11-7-17(21)8-12-19/h5-12,14,23H,2-4H2,1H3,(H,24,25)/b16-14-. The Morgan fingerprint density at radius 3 is 2.36 bits per heavy atom. The van der Waals surface area contributed by atoms with Gasteiger partial charge in [-0.15, -0.1) is 0 Å². The summed E-state index contributed by atoms with van der Waals surface area (Å²) in [5, 5.41) is 14.7. The number of nitrogens with one attached hydrogen (secondary N) is 2. The van der Waals surface area contributed by atoms with E-state index in [0.29, 0.717) is 5.69 Å². The summed E-state index contributed by atoms with van der Waals surface area (Å²) in [4.78, 5) is 12.1. The lowest BCUT2D eigenvalue weighted by atomic mass is 10.1. The molecule has 0 atom stereocenters. The molecule has 0 aliphatic carbocycles. The van der Waals surface area contributed by atoms with E-state index >= 15 is 0 Å². The number of halogens is 1. The van der Waals surface area contributed by atoms with Crippen LogP contribution in [0.2, 0.25) is 0 Å². The Morgan fingerprint density at radius 1 is 1.12 bits per heavy atom. The first-order valence-corrected chi connectivity index (χ1v) is 8.15. The minimum Gasteiger partial charge on any atom is -0.360 e. The van der Waals surface area contributed by atoms with Gasteiger partial charge in [0.05, 0.1) is 0 Å². The van der Waals surface area contributed by atoms with Crippen LogP contribution in [0.15, 0.2) is 60.3 Å². The molecule has 2 aromatic rings. The summed E-state index contributed by atoms with van der Waals surface area (Å²) in [6.07, 6.45) is 4.70. The summed E-state index contributed by atoms with van der Waals surface area (Å²) in [7, 11) is 0. The number of hydrogen-bond acceptors (Lipinski definition) is 3. The molecule has 1 amide bonds. The number of unbranched alkanes of at least 4 members (excludes halogenated alkanes) is 1. The van der Waals surface area contributed by atoms with Gasteiger partial charge in [0.15, 0.2) is 0 Å². The normalized spacial score (nSPS) is 10.8. The third-order valence-corrected chi connectivity index (χ3v) is 3.62. The zero-order chi connectivity index (χ0) is 18.1. The van der Waals surface area contributed by atoms with Crippen molar-refractivity contribution in [2.24, 2.45) is 0 Å². The van der Waals surface area contributed by atoms with Crippen molar-refractivity contribution in [3.63, 3.8) is 0 Å². The van der Waals surface area contributed by atoms with Gasteiger partial charge in [-0.3, -0.25) is 4.79 Å². The fraction of sp³-hybridized carbons (Fsp3) is 0.200. The highest BCUT2D eigenvalue weighted by molar-refractivity contribution is 6.06. The van der Waals surface area contributed by atoms with Crippen LogP contribution in [0.3, 0.4) is 0 Å². The predicted molar refractivity (Wildman–Crippen MR) is 97.4 cm³/mol. The molecule has 0 radical (unpaired) electrons. The molecule has 0 aliphatic rings. The third kappa shape index (κ3) is 5.78. The molecule has 2 N–H and O–H groups in total. The summed E-state index contributed by atoms with van der Waals surface area (Å²) in [6, 6.07) is 15.1. The smallest absolute Gasteiger partial charge is 0.267 e. The highest BCUT2D eigenvalue weighted by Gasteiger charge is 2.09. The van der Waals surface area contributed by atoms with E-state index < -0.39 is 11.7 Å². The van der Waals surface area contributed by atoms with Gasteiger partial charge in [0.25, 0.3) is 5.91 Å². The molecule has 2 aromatic carbocycles. The number of aryl methyl sites for hydroxylation is 1. The Balaban J connectivity index is 1.98. The van der Waals surface area contributed by atoms with E-state index in [0.717, 1.165) is 24.9 Å². The number of nitrogens with zero attached hydrogens (tertiary/aromatic N) is 1. The van der Waals surface area contributed by atoms with Crippen molar-refractivity contribution in [1.82, 2.24) is 0 Å². The summed E-state index contributed by atoms with van der Waals surface area (Å²) < 4.78 is 12.9. The summed E-state index contributed by atoms with van der Waals surface area (Å²) >= 11 is 0. The molecular formula is C20H20FN3O. The van der Waals surface area contributed by atoms with Gasteiger partial charge in [-0.1, -0.05) is 25.5 Å². The van der Waals surface area contributed by atoms with Crippen molar-refractivity contribution in [2.75, 3.05) is 10.6 Å². The van der Waals surface area contributed by atoms with Crippen LogP contribution >= 0.6 is 0 Å². The molecule has 0 saturated carbocycles. The SMILES string of the molecule is CCCCc1ccc(N/C=C(/C#N)C(=O)Nc2ccc(F)cc2)cc1. The molecule has 0 spiro atoms. The van der Waals surface area contributed by atoms with Gasteiger partial charge >= 0.3 is 0 Å². The average Bonchev–Trinajstić information content (AvgIpc) is 2.63. The molecule has 5 heteroatoms. The van der Waals surface area contributed by atoms with Crippen molar-refractivity contribution >= 4 is 17.3 Å². The average molecular weight is 337 g/mol. The van der Waals surface area contributed by atoms with Crippen LogP contribution in [0.4, 0.5) is 15.8 Å². The van der Waals surface area contributed by atoms with E-state index in [1.165, 1.54) is 36.0 Å². The molecule has 0 heterocycles. The van der Waals surface area contributed by atoms with E-state index in [-0.39, 0.29) is 5.57 Å². The van der Waals surface area contributed by atoms with Crippen molar-refractivity contribution in [3.05, 3.63) is 71.7 Å². The lowest BCUT2D eigenvalue weighted by Gasteiger charge is -2.06. The number of hydrogen-bond donors (Lipinski definition) is 2. The molecule has 25 heavy (non-hydrogen) atoms. The second kappa shape index (κ2) is 9.24. The van der Waals surface area contributed by atoms with E-state index in [4.69, 9.17) is 5.26 Å². The second-order valence-corrected chi connectivity index (χ2v) is 5.58. The molecule has 0 unspecified atom stereocenters. The Labute approximate surface area is 147 Å². The zero-order valence-electron chi connectivity index (χ0n) is 14.1. The Morgan fingerprint density at radius 2 is 1.76 bits per heavy atom. The molecule has 0 aliphatic heterocycles. The monoisotopic (exact) mass is 337 g/mol. The van der Waals surface area contributed by atoms with E-state index in [1.807, 2.05) is 30.3 Å². The van der Waals surface area contributed by atoms with Crippen LogP contribution in [0.25, 0.3) is 0 Å². The van der Waals surface area contributed by atoms with Gasteiger partial charge in [0.2, 0.25) is 0 Å². The number of anilines is 2. The first-order chi connectivity index (χ1) is 12.1. The topological polar surface area (TPSA) is 64.9 Å². The number of rotatable bonds is 7. The summed E-state index contributed by atoms with van der Waals surface area (Å²) in [6.45, 7) is 2.15. The van der Waals surface area contributed by atoms with Crippen molar-refractivity contribution in [1.29, 1.82) is 5.26 Å². The van der Waals surface area contributed by atoms with Gasteiger partial charge < -0.3 is 10.6 Å². The minimum absolute atomic E-state index is 0.0700. The summed E-state index contributed by atoms with van der Waals surface area (Å²) in [5.74, 6) is -0.945. The van der Waals surface area contributed by atoms with Crippen LogP contribution in [-0.4, -0.2) is 5.91 Å². The van der Waals surface area contributed by atoms with Crippen LogP contribution < -0.4 is 10.6 Å². The molecule has 4 nitrogen and oxygen atoms in total.